The van der Waals surface area contributed by atoms with Crippen LogP contribution in [0.4, 0.5) is 0 Å². The lowest BCUT2D eigenvalue weighted by atomic mass is 9.78. The predicted molar refractivity (Wildman–Crippen MR) is 52.3 cm³/mol. The van der Waals surface area contributed by atoms with Gasteiger partial charge in [-0.05, 0) is 38.0 Å². The Morgan fingerprint density at radius 1 is 1.54 bits per heavy atom. The fourth-order valence-corrected chi connectivity index (χ4v) is 1.99. The molecule has 0 bridgehead atoms. The molecular formula is C11H18O2. The topological polar surface area (TPSA) is 26.3 Å². The number of carbonyl (C=O) groups is 1. The highest BCUT2D eigenvalue weighted by molar-refractivity contribution is 5.37. The van der Waals surface area contributed by atoms with E-state index in [9.17, 15) is 4.79 Å². The van der Waals surface area contributed by atoms with Crippen LogP contribution < -0.4 is 0 Å². The molecule has 1 fully saturated rings. The molecule has 1 rings (SSSR count). The Hall–Kier alpha value is -0.790. The number of allylic oxidation sites excluding steroid dienone is 1. The minimum atomic E-state index is 0.105. The Bertz CT molecular complexity index is 198. The molecular weight excluding hydrogens is 164 g/mol. The Morgan fingerprint density at radius 2 is 2.23 bits per heavy atom. The molecule has 0 heterocycles. The van der Waals surface area contributed by atoms with Gasteiger partial charge in [0.25, 0.3) is 6.47 Å². The van der Waals surface area contributed by atoms with Gasteiger partial charge in [0.2, 0.25) is 0 Å². The zero-order chi connectivity index (χ0) is 9.84. The Labute approximate surface area is 80.0 Å². The molecule has 1 aliphatic carbocycles. The molecule has 3 atom stereocenters. The van der Waals surface area contributed by atoms with Crippen LogP contribution >= 0.6 is 0 Å². The van der Waals surface area contributed by atoms with Crippen LogP contribution in [0.5, 0.6) is 0 Å². The maximum Gasteiger partial charge on any atom is 0.293 e. The van der Waals surface area contributed by atoms with Crippen LogP contribution in [0.2, 0.25) is 0 Å². The monoisotopic (exact) mass is 182 g/mol. The molecule has 0 aromatic heterocycles. The van der Waals surface area contributed by atoms with Crippen molar-refractivity contribution >= 4 is 6.47 Å². The summed E-state index contributed by atoms with van der Waals surface area (Å²) in [7, 11) is 0. The molecule has 0 N–H and O–H groups in total. The van der Waals surface area contributed by atoms with E-state index in [1.165, 1.54) is 12.0 Å². The van der Waals surface area contributed by atoms with E-state index < -0.39 is 0 Å². The van der Waals surface area contributed by atoms with Crippen molar-refractivity contribution in [3.63, 3.8) is 0 Å². The second-order valence-corrected chi connectivity index (χ2v) is 4.10. The molecule has 0 radical (unpaired) electrons. The van der Waals surface area contributed by atoms with Gasteiger partial charge in [-0.25, -0.2) is 0 Å². The molecule has 0 aliphatic heterocycles. The first kappa shape index (κ1) is 10.3. The highest BCUT2D eigenvalue weighted by Gasteiger charge is 2.28. The minimum Gasteiger partial charge on any atom is -0.464 e. The Morgan fingerprint density at radius 3 is 2.77 bits per heavy atom. The number of hydrogen-bond donors (Lipinski definition) is 0. The van der Waals surface area contributed by atoms with E-state index in [0.717, 1.165) is 12.8 Å². The lowest BCUT2D eigenvalue weighted by Gasteiger charge is -2.33. The normalized spacial score (nSPS) is 33.8. The first-order valence-corrected chi connectivity index (χ1v) is 4.89. The van der Waals surface area contributed by atoms with Crippen molar-refractivity contribution in [3.8, 4) is 0 Å². The number of ether oxygens (including phenoxy) is 1. The highest BCUT2D eigenvalue weighted by atomic mass is 16.5. The van der Waals surface area contributed by atoms with Crippen molar-refractivity contribution in [1.82, 2.24) is 0 Å². The van der Waals surface area contributed by atoms with E-state index in [0.29, 0.717) is 18.3 Å². The molecule has 0 unspecified atom stereocenters. The van der Waals surface area contributed by atoms with Crippen LogP contribution in [0, 0.1) is 11.8 Å². The first-order valence-electron chi connectivity index (χ1n) is 4.89. The summed E-state index contributed by atoms with van der Waals surface area (Å²) in [5.41, 5.74) is 1.21. The Balaban J connectivity index is 2.52. The van der Waals surface area contributed by atoms with Crippen molar-refractivity contribution in [3.05, 3.63) is 12.2 Å². The summed E-state index contributed by atoms with van der Waals surface area (Å²) in [5, 5.41) is 0. The van der Waals surface area contributed by atoms with Crippen molar-refractivity contribution in [2.45, 2.75) is 39.2 Å². The molecule has 0 aromatic carbocycles. The van der Waals surface area contributed by atoms with Crippen molar-refractivity contribution < 1.29 is 9.53 Å². The second kappa shape index (κ2) is 4.45. The molecule has 2 heteroatoms. The highest BCUT2D eigenvalue weighted by Crippen LogP contribution is 2.33. The molecule has 2 nitrogen and oxygen atoms in total. The largest absolute Gasteiger partial charge is 0.464 e. The standard InChI is InChI=1S/C11H18O2/c1-8(2)10-5-4-9(3)11(6-10)13-7-12/h7,9-11H,1,4-6H2,2-3H3/t9-,10-,11-/m0/s1. The zero-order valence-corrected chi connectivity index (χ0v) is 8.45. The first-order chi connectivity index (χ1) is 6.15. The third-order valence-corrected chi connectivity index (χ3v) is 3.05. The smallest absolute Gasteiger partial charge is 0.293 e. The number of rotatable bonds is 3. The third-order valence-electron chi connectivity index (χ3n) is 3.05. The molecule has 0 amide bonds. The summed E-state index contributed by atoms with van der Waals surface area (Å²) in [6.07, 6.45) is 3.38. The van der Waals surface area contributed by atoms with Crippen LogP contribution in [-0.2, 0) is 9.53 Å². The number of hydrogen-bond acceptors (Lipinski definition) is 2. The van der Waals surface area contributed by atoms with Crippen LogP contribution in [0.25, 0.3) is 0 Å². The van der Waals surface area contributed by atoms with Crippen LogP contribution in [0.1, 0.15) is 33.1 Å². The van der Waals surface area contributed by atoms with Gasteiger partial charge in [-0.15, -0.1) is 0 Å². The summed E-state index contributed by atoms with van der Waals surface area (Å²) in [6, 6.07) is 0. The Kier molecular flexibility index (Phi) is 3.52. The maximum atomic E-state index is 10.3. The molecule has 0 spiro atoms. The van der Waals surface area contributed by atoms with Gasteiger partial charge in [-0.2, -0.15) is 0 Å². The lowest BCUT2D eigenvalue weighted by Crippen LogP contribution is -2.30. The zero-order valence-electron chi connectivity index (χ0n) is 8.45. The maximum absolute atomic E-state index is 10.3. The van der Waals surface area contributed by atoms with Crippen molar-refractivity contribution in [1.29, 1.82) is 0 Å². The number of carbonyl (C=O) groups excluding carboxylic acids is 1. The fraction of sp³-hybridized carbons (Fsp3) is 0.727. The predicted octanol–water partition coefficient (Wildman–Crippen LogP) is 2.54. The SMILES string of the molecule is C=C(C)[C@H]1CC[C@H](C)[C@@H](OC=O)C1. The van der Waals surface area contributed by atoms with Crippen LogP contribution in [-0.4, -0.2) is 12.6 Å². The van der Waals surface area contributed by atoms with Gasteiger partial charge in [0.15, 0.2) is 0 Å². The van der Waals surface area contributed by atoms with Gasteiger partial charge in [0.1, 0.15) is 6.10 Å². The molecule has 1 aliphatic rings. The van der Waals surface area contributed by atoms with Crippen molar-refractivity contribution in [2.75, 3.05) is 0 Å². The van der Waals surface area contributed by atoms with Gasteiger partial charge in [-0.3, -0.25) is 4.79 Å². The summed E-state index contributed by atoms with van der Waals surface area (Å²) < 4.78 is 5.05. The lowest BCUT2D eigenvalue weighted by molar-refractivity contribution is -0.138. The van der Waals surface area contributed by atoms with Gasteiger partial charge < -0.3 is 4.74 Å². The average molecular weight is 182 g/mol. The van der Waals surface area contributed by atoms with E-state index in [-0.39, 0.29) is 6.10 Å². The minimum absolute atomic E-state index is 0.105. The van der Waals surface area contributed by atoms with Crippen LogP contribution in [0.15, 0.2) is 12.2 Å². The second-order valence-electron chi connectivity index (χ2n) is 4.10. The van der Waals surface area contributed by atoms with Gasteiger partial charge in [0, 0.05) is 0 Å². The quantitative estimate of drug-likeness (QED) is 0.495. The molecule has 0 aromatic rings. The van der Waals surface area contributed by atoms with Crippen LogP contribution in [0.3, 0.4) is 0 Å². The van der Waals surface area contributed by atoms with Gasteiger partial charge in [0.05, 0.1) is 0 Å². The van der Waals surface area contributed by atoms with Gasteiger partial charge >= 0.3 is 0 Å². The van der Waals surface area contributed by atoms with Gasteiger partial charge in [-0.1, -0.05) is 19.1 Å². The molecule has 0 saturated heterocycles. The molecule has 13 heavy (non-hydrogen) atoms. The third kappa shape index (κ3) is 2.58. The summed E-state index contributed by atoms with van der Waals surface area (Å²) >= 11 is 0. The van der Waals surface area contributed by atoms with E-state index in [1.54, 1.807) is 0 Å². The van der Waals surface area contributed by atoms with E-state index in [4.69, 9.17) is 4.74 Å². The average Bonchev–Trinajstić information content (AvgIpc) is 2.08. The fourth-order valence-electron chi connectivity index (χ4n) is 1.99. The van der Waals surface area contributed by atoms with Crippen molar-refractivity contribution in [2.24, 2.45) is 11.8 Å². The van der Waals surface area contributed by atoms with E-state index in [1.807, 2.05) is 0 Å². The summed E-state index contributed by atoms with van der Waals surface area (Å²) in [4.78, 5) is 10.3. The summed E-state index contributed by atoms with van der Waals surface area (Å²) in [6.45, 7) is 8.72. The molecule has 74 valence electrons. The van der Waals surface area contributed by atoms with E-state index >= 15 is 0 Å². The van der Waals surface area contributed by atoms with E-state index in [2.05, 4.69) is 20.4 Å². The molecule has 1 saturated carbocycles. The summed E-state index contributed by atoms with van der Waals surface area (Å²) in [5.74, 6) is 1.04.